The molecule has 1 heterocycles. The van der Waals surface area contributed by atoms with E-state index in [0.29, 0.717) is 7.28 Å². The molecule has 0 radical (unpaired) electrons. The zero-order valence-electron chi connectivity index (χ0n) is 4.90. The van der Waals surface area contributed by atoms with E-state index in [1.54, 1.807) is 11.3 Å². The fourth-order valence-corrected chi connectivity index (χ4v) is 3.41. The summed E-state index contributed by atoms with van der Waals surface area (Å²) in [7, 11) is 0.475. The summed E-state index contributed by atoms with van der Waals surface area (Å²) in [5.74, 6) is 2.09. The summed E-state index contributed by atoms with van der Waals surface area (Å²) >= 11 is 8.28. The maximum atomic E-state index is 8.37. The zero-order chi connectivity index (χ0) is 7.56. The maximum absolute atomic E-state index is 8.37. The van der Waals surface area contributed by atoms with Crippen molar-refractivity contribution in [2.24, 2.45) is 0 Å². The van der Waals surface area contributed by atoms with Crippen molar-refractivity contribution in [2.75, 3.05) is 0 Å². The molecule has 0 fully saturated rings. The minimum Gasteiger partial charge on any atom is -0.213 e. The van der Waals surface area contributed by atoms with E-state index in [2.05, 4.69) is 37.8 Å². The van der Waals surface area contributed by atoms with Gasteiger partial charge in [-0.15, -0.1) is 11.3 Å². The SMILES string of the molecule is N#CBc1cc(Br)sc1Br. The Balaban J connectivity index is 2.94. The number of halogens is 2. The van der Waals surface area contributed by atoms with Crippen LogP contribution in [0.1, 0.15) is 0 Å². The Labute approximate surface area is 80.6 Å². The van der Waals surface area contributed by atoms with Gasteiger partial charge in [0, 0.05) is 5.97 Å². The van der Waals surface area contributed by atoms with E-state index in [4.69, 9.17) is 5.26 Å². The first-order chi connectivity index (χ1) is 4.74. The Morgan fingerprint density at radius 1 is 1.60 bits per heavy atom. The molecule has 0 saturated heterocycles. The normalized spacial score (nSPS) is 8.90. The highest BCUT2D eigenvalue weighted by atomic mass is 79.9. The van der Waals surface area contributed by atoms with Crippen molar-refractivity contribution in [2.45, 2.75) is 0 Å². The largest absolute Gasteiger partial charge is 0.284 e. The molecule has 0 unspecified atom stereocenters. The molecular weight excluding hydrogens is 277 g/mol. The molecule has 1 aromatic rings. The van der Waals surface area contributed by atoms with Crippen LogP contribution >= 0.6 is 43.2 Å². The molecule has 0 aromatic carbocycles. The van der Waals surface area contributed by atoms with Gasteiger partial charge < -0.3 is 0 Å². The van der Waals surface area contributed by atoms with E-state index in [1.807, 2.05) is 6.07 Å². The molecule has 0 saturated carbocycles. The second-order valence-corrected chi connectivity index (χ2v) is 5.43. The maximum Gasteiger partial charge on any atom is 0.284 e. The molecule has 0 N–H and O–H groups in total. The number of hydrogen-bond acceptors (Lipinski definition) is 2. The molecule has 10 heavy (non-hydrogen) atoms. The number of rotatable bonds is 1. The van der Waals surface area contributed by atoms with Gasteiger partial charge in [0.1, 0.15) is 0 Å². The van der Waals surface area contributed by atoms with Gasteiger partial charge in [0.15, 0.2) is 0 Å². The van der Waals surface area contributed by atoms with Gasteiger partial charge in [0.05, 0.1) is 7.57 Å². The summed E-state index contributed by atoms with van der Waals surface area (Å²) in [5.41, 5.74) is 1.05. The number of nitrogens with zero attached hydrogens (tertiary/aromatic N) is 1. The summed E-state index contributed by atoms with van der Waals surface area (Å²) in [4.78, 5) is 0. The standard InChI is InChI=1S/C5H2BBr2NS/c7-4-1-3(6-2-9)5(8)10-4/h1,6H. The van der Waals surface area contributed by atoms with E-state index in [1.165, 1.54) is 0 Å². The van der Waals surface area contributed by atoms with E-state index in [0.717, 1.165) is 13.0 Å². The van der Waals surface area contributed by atoms with Crippen LogP contribution in [-0.2, 0) is 0 Å². The van der Waals surface area contributed by atoms with Gasteiger partial charge in [-0.05, 0) is 43.4 Å². The Morgan fingerprint density at radius 2 is 2.30 bits per heavy atom. The van der Waals surface area contributed by atoms with Crippen molar-refractivity contribution in [3.05, 3.63) is 13.6 Å². The Hall–Kier alpha value is 0.215. The second-order valence-electron chi connectivity index (χ2n) is 1.68. The van der Waals surface area contributed by atoms with Crippen molar-refractivity contribution >= 4 is 55.9 Å². The van der Waals surface area contributed by atoms with E-state index < -0.39 is 0 Å². The van der Waals surface area contributed by atoms with Crippen LogP contribution in [-0.4, -0.2) is 7.28 Å². The fraction of sp³-hybridized carbons (Fsp3) is 0. The molecule has 0 bridgehead atoms. The minimum atomic E-state index is 0.475. The van der Waals surface area contributed by atoms with Crippen molar-refractivity contribution < 1.29 is 0 Å². The lowest BCUT2D eigenvalue weighted by Crippen LogP contribution is -2.09. The quantitative estimate of drug-likeness (QED) is 0.719. The van der Waals surface area contributed by atoms with Crippen molar-refractivity contribution in [3.63, 3.8) is 0 Å². The molecule has 0 spiro atoms. The number of thiophene rings is 1. The van der Waals surface area contributed by atoms with Crippen molar-refractivity contribution in [1.29, 1.82) is 5.26 Å². The molecular formula is C5H2BBr2NS. The van der Waals surface area contributed by atoms with E-state index >= 15 is 0 Å². The van der Waals surface area contributed by atoms with Crippen molar-refractivity contribution in [3.8, 4) is 5.97 Å². The summed E-state index contributed by atoms with van der Waals surface area (Å²) in [6.45, 7) is 0. The number of nitriles is 1. The first-order valence-corrected chi connectivity index (χ1v) is 4.95. The highest BCUT2D eigenvalue weighted by Crippen LogP contribution is 2.24. The molecule has 0 aliphatic rings. The molecule has 0 atom stereocenters. The summed E-state index contributed by atoms with van der Waals surface area (Å²) < 4.78 is 2.10. The van der Waals surface area contributed by atoms with Crippen LogP contribution in [0.3, 0.4) is 0 Å². The lowest BCUT2D eigenvalue weighted by atomic mass is 9.74. The third kappa shape index (κ3) is 1.85. The van der Waals surface area contributed by atoms with Crippen LogP contribution in [0, 0.1) is 11.2 Å². The summed E-state index contributed by atoms with van der Waals surface area (Å²) in [5, 5.41) is 8.37. The highest BCUT2D eigenvalue weighted by molar-refractivity contribution is 9.12. The molecule has 0 aliphatic heterocycles. The van der Waals surface area contributed by atoms with Gasteiger partial charge in [-0.25, -0.2) is 5.26 Å². The van der Waals surface area contributed by atoms with E-state index in [-0.39, 0.29) is 0 Å². The van der Waals surface area contributed by atoms with Gasteiger partial charge in [-0.1, -0.05) is 0 Å². The molecule has 1 rings (SSSR count). The average molecular weight is 279 g/mol. The lowest BCUT2D eigenvalue weighted by Gasteiger charge is -1.81. The molecule has 0 aliphatic carbocycles. The predicted octanol–water partition coefficient (Wildman–Crippen LogP) is 1.82. The van der Waals surface area contributed by atoms with Crippen LogP contribution in [0.15, 0.2) is 13.6 Å². The van der Waals surface area contributed by atoms with Gasteiger partial charge in [-0.3, -0.25) is 0 Å². The topological polar surface area (TPSA) is 23.8 Å². The minimum absolute atomic E-state index is 0.475. The molecule has 0 amide bonds. The van der Waals surface area contributed by atoms with Crippen LogP contribution in [0.2, 0.25) is 0 Å². The van der Waals surface area contributed by atoms with Gasteiger partial charge >= 0.3 is 0 Å². The Bertz CT molecular complexity index is 278. The van der Waals surface area contributed by atoms with Crippen molar-refractivity contribution in [1.82, 2.24) is 0 Å². The second kappa shape index (κ2) is 3.56. The first kappa shape index (κ1) is 8.31. The summed E-state index contributed by atoms with van der Waals surface area (Å²) in [6, 6.07) is 1.96. The predicted molar refractivity (Wildman–Crippen MR) is 52.1 cm³/mol. The van der Waals surface area contributed by atoms with E-state index in [9.17, 15) is 0 Å². The average Bonchev–Trinajstić information content (AvgIpc) is 2.13. The fourth-order valence-electron chi connectivity index (χ4n) is 0.580. The van der Waals surface area contributed by atoms with Gasteiger partial charge in [-0.2, -0.15) is 0 Å². The third-order valence-corrected chi connectivity index (χ3v) is 3.46. The van der Waals surface area contributed by atoms with Crippen LogP contribution < -0.4 is 5.46 Å². The van der Waals surface area contributed by atoms with Crippen LogP contribution in [0.25, 0.3) is 0 Å². The Morgan fingerprint density at radius 3 is 2.70 bits per heavy atom. The third-order valence-electron chi connectivity index (χ3n) is 0.997. The highest BCUT2D eigenvalue weighted by Gasteiger charge is 2.04. The smallest absolute Gasteiger partial charge is 0.213 e. The monoisotopic (exact) mass is 277 g/mol. The number of hydrogen-bond donors (Lipinski definition) is 0. The Kier molecular flexibility index (Phi) is 2.96. The summed E-state index contributed by atoms with van der Waals surface area (Å²) in [6.07, 6.45) is 0. The lowest BCUT2D eigenvalue weighted by molar-refractivity contribution is 1.56. The van der Waals surface area contributed by atoms with Crippen LogP contribution in [0.4, 0.5) is 0 Å². The zero-order valence-corrected chi connectivity index (χ0v) is 8.88. The van der Waals surface area contributed by atoms with Crippen LogP contribution in [0.5, 0.6) is 0 Å². The molecule has 50 valence electrons. The molecule has 5 heteroatoms. The first-order valence-electron chi connectivity index (χ1n) is 2.54. The molecule has 1 aromatic heterocycles. The van der Waals surface area contributed by atoms with Gasteiger partial charge in [0.25, 0.3) is 7.28 Å². The van der Waals surface area contributed by atoms with Gasteiger partial charge in [0.2, 0.25) is 0 Å². The molecule has 1 nitrogen and oxygen atoms in total.